The minimum atomic E-state index is -3.24. The molecule has 0 amide bonds. The number of nitrogen functional groups attached to an aromatic ring is 1. The molecule has 0 aromatic heterocycles. The number of anilines is 1. The van der Waals surface area contributed by atoms with E-state index in [1.165, 1.54) is 0 Å². The third kappa shape index (κ3) is 3.40. The minimum Gasteiger partial charge on any atom is -0.398 e. The van der Waals surface area contributed by atoms with Crippen molar-refractivity contribution in [2.45, 2.75) is 12.2 Å². The highest BCUT2D eigenvalue weighted by molar-refractivity contribution is 7.99. The fourth-order valence-electron chi connectivity index (χ4n) is 1.95. The monoisotopic (exact) mass is 286 g/mol. The first-order chi connectivity index (χ1) is 8.59. The average Bonchev–Trinajstić information content (AvgIpc) is 2.61. The molecule has 1 heterocycles. The molecule has 0 radical (unpaired) electrons. The van der Waals surface area contributed by atoms with Crippen LogP contribution in [-0.4, -0.2) is 37.3 Å². The molecule has 4 nitrogen and oxygen atoms in total. The average molecular weight is 286 g/mol. The van der Waals surface area contributed by atoms with Crippen LogP contribution in [0.2, 0.25) is 0 Å². The molecular weight excluding hydrogens is 268 g/mol. The molecule has 100 valence electrons. The van der Waals surface area contributed by atoms with Gasteiger partial charge in [-0.3, -0.25) is 0 Å². The standard InChI is InChI=1S/C12H18N2O2S2/c13-12-5-2-1-4-11(12)10-18(15,16)14-6-3-8-17-9-7-14/h1-2,4-5H,3,6-10,13H2. The van der Waals surface area contributed by atoms with Gasteiger partial charge in [-0.05, 0) is 23.8 Å². The fourth-order valence-corrected chi connectivity index (χ4v) is 4.57. The van der Waals surface area contributed by atoms with Crippen LogP contribution >= 0.6 is 11.8 Å². The molecule has 0 atom stereocenters. The maximum Gasteiger partial charge on any atom is 0.218 e. The van der Waals surface area contributed by atoms with Gasteiger partial charge in [-0.25, -0.2) is 12.7 Å². The lowest BCUT2D eigenvalue weighted by Crippen LogP contribution is -2.34. The van der Waals surface area contributed by atoms with Crippen LogP contribution in [0.5, 0.6) is 0 Å². The number of hydrogen-bond donors (Lipinski definition) is 1. The molecule has 0 unspecified atom stereocenters. The summed E-state index contributed by atoms with van der Waals surface area (Å²) < 4.78 is 26.2. The van der Waals surface area contributed by atoms with E-state index in [2.05, 4.69) is 0 Å². The van der Waals surface area contributed by atoms with Crippen LogP contribution < -0.4 is 5.73 Å². The smallest absolute Gasteiger partial charge is 0.218 e. The van der Waals surface area contributed by atoms with Gasteiger partial charge in [0.15, 0.2) is 0 Å². The molecule has 0 spiro atoms. The Morgan fingerprint density at radius 1 is 1.22 bits per heavy atom. The number of benzene rings is 1. The molecule has 2 rings (SSSR count). The SMILES string of the molecule is Nc1ccccc1CS(=O)(=O)N1CCCSCC1. The van der Waals surface area contributed by atoms with Crippen molar-refractivity contribution in [3.05, 3.63) is 29.8 Å². The highest BCUT2D eigenvalue weighted by atomic mass is 32.2. The quantitative estimate of drug-likeness (QED) is 0.856. The van der Waals surface area contributed by atoms with Crippen LogP contribution in [0, 0.1) is 0 Å². The Morgan fingerprint density at radius 3 is 2.78 bits per heavy atom. The molecular formula is C12H18N2O2S2. The summed E-state index contributed by atoms with van der Waals surface area (Å²) in [7, 11) is -3.24. The van der Waals surface area contributed by atoms with E-state index in [-0.39, 0.29) is 5.75 Å². The van der Waals surface area contributed by atoms with Crippen LogP contribution in [0.15, 0.2) is 24.3 Å². The van der Waals surface area contributed by atoms with Crippen molar-refractivity contribution in [1.82, 2.24) is 4.31 Å². The summed E-state index contributed by atoms with van der Waals surface area (Å²) in [5.41, 5.74) is 7.04. The van der Waals surface area contributed by atoms with E-state index in [1.54, 1.807) is 16.4 Å². The lowest BCUT2D eigenvalue weighted by Gasteiger charge is -2.20. The normalized spacial score (nSPS) is 18.4. The number of thioether (sulfide) groups is 1. The molecule has 1 aliphatic heterocycles. The number of para-hydroxylation sites is 1. The summed E-state index contributed by atoms with van der Waals surface area (Å²) in [6.45, 7) is 1.24. The van der Waals surface area contributed by atoms with Crippen molar-refractivity contribution in [1.29, 1.82) is 0 Å². The third-order valence-corrected chi connectivity index (χ3v) is 5.84. The molecule has 1 aliphatic rings. The lowest BCUT2D eigenvalue weighted by atomic mass is 10.2. The van der Waals surface area contributed by atoms with Crippen LogP contribution in [0.1, 0.15) is 12.0 Å². The Kier molecular flexibility index (Phi) is 4.53. The summed E-state index contributed by atoms with van der Waals surface area (Å²) in [6, 6.07) is 7.15. The molecule has 18 heavy (non-hydrogen) atoms. The second-order valence-corrected chi connectivity index (χ2v) is 7.51. The summed E-state index contributed by atoms with van der Waals surface area (Å²) in [4.78, 5) is 0. The van der Waals surface area contributed by atoms with Crippen LogP contribution in [0.4, 0.5) is 5.69 Å². The molecule has 2 N–H and O–H groups in total. The molecule has 6 heteroatoms. The van der Waals surface area contributed by atoms with Crippen molar-refractivity contribution in [3.63, 3.8) is 0 Å². The molecule has 1 aromatic carbocycles. The highest BCUT2D eigenvalue weighted by Gasteiger charge is 2.23. The van der Waals surface area contributed by atoms with Gasteiger partial charge in [0.25, 0.3) is 0 Å². The molecule has 0 bridgehead atoms. The maximum absolute atomic E-state index is 12.3. The van der Waals surface area contributed by atoms with Crippen molar-refractivity contribution in [3.8, 4) is 0 Å². The third-order valence-electron chi connectivity index (χ3n) is 2.97. The number of nitrogens with zero attached hydrogens (tertiary/aromatic N) is 1. The second-order valence-electron chi connectivity index (χ2n) is 4.32. The summed E-state index contributed by atoms with van der Waals surface area (Å²) in [5, 5.41) is 0. The number of hydrogen-bond acceptors (Lipinski definition) is 4. The predicted molar refractivity (Wildman–Crippen MR) is 77.0 cm³/mol. The zero-order valence-electron chi connectivity index (χ0n) is 10.2. The minimum absolute atomic E-state index is 0.00431. The Balaban J connectivity index is 2.13. The molecule has 1 fully saturated rings. The van der Waals surface area contributed by atoms with E-state index in [0.717, 1.165) is 17.9 Å². The molecule has 1 saturated heterocycles. The van der Waals surface area contributed by atoms with Gasteiger partial charge in [0.2, 0.25) is 10.0 Å². The molecule has 0 saturated carbocycles. The van der Waals surface area contributed by atoms with Crippen molar-refractivity contribution in [2.24, 2.45) is 0 Å². The summed E-state index contributed by atoms with van der Waals surface area (Å²) in [5.74, 6) is 1.92. The van der Waals surface area contributed by atoms with Gasteiger partial charge >= 0.3 is 0 Å². The zero-order chi connectivity index (χ0) is 13.0. The molecule has 1 aromatic rings. The number of rotatable bonds is 3. The Labute approximate surface area is 113 Å². The van der Waals surface area contributed by atoms with Crippen molar-refractivity contribution < 1.29 is 8.42 Å². The number of sulfonamides is 1. The van der Waals surface area contributed by atoms with Gasteiger partial charge in [-0.15, -0.1) is 0 Å². The first-order valence-corrected chi connectivity index (χ1v) is 8.75. The summed E-state index contributed by atoms with van der Waals surface area (Å²) >= 11 is 1.81. The van der Waals surface area contributed by atoms with Gasteiger partial charge in [-0.1, -0.05) is 18.2 Å². The van der Waals surface area contributed by atoms with Crippen molar-refractivity contribution >= 4 is 27.5 Å². The zero-order valence-corrected chi connectivity index (χ0v) is 11.8. The van der Waals surface area contributed by atoms with Gasteiger partial charge < -0.3 is 5.73 Å². The first kappa shape index (κ1) is 13.7. The van der Waals surface area contributed by atoms with E-state index in [9.17, 15) is 8.42 Å². The van der Waals surface area contributed by atoms with Gasteiger partial charge in [0.1, 0.15) is 0 Å². The van der Waals surface area contributed by atoms with Gasteiger partial charge in [0, 0.05) is 24.5 Å². The van der Waals surface area contributed by atoms with Gasteiger partial charge in [-0.2, -0.15) is 11.8 Å². The lowest BCUT2D eigenvalue weighted by molar-refractivity contribution is 0.434. The fraction of sp³-hybridized carbons (Fsp3) is 0.500. The van der Waals surface area contributed by atoms with Gasteiger partial charge in [0.05, 0.1) is 5.75 Å². The maximum atomic E-state index is 12.3. The van der Waals surface area contributed by atoms with Crippen LogP contribution in [-0.2, 0) is 15.8 Å². The van der Waals surface area contributed by atoms with E-state index >= 15 is 0 Å². The Bertz CT molecular complexity index is 495. The van der Waals surface area contributed by atoms with Crippen molar-refractivity contribution in [2.75, 3.05) is 30.3 Å². The molecule has 0 aliphatic carbocycles. The largest absolute Gasteiger partial charge is 0.398 e. The van der Waals surface area contributed by atoms with E-state index in [1.807, 2.05) is 23.9 Å². The highest BCUT2D eigenvalue weighted by Crippen LogP contribution is 2.19. The van der Waals surface area contributed by atoms with E-state index < -0.39 is 10.0 Å². The van der Waals surface area contributed by atoms with Crippen LogP contribution in [0.3, 0.4) is 0 Å². The van der Waals surface area contributed by atoms with E-state index in [4.69, 9.17) is 5.73 Å². The number of nitrogens with two attached hydrogens (primary N) is 1. The predicted octanol–water partition coefficient (Wildman–Crippen LogP) is 1.54. The van der Waals surface area contributed by atoms with Crippen LogP contribution in [0.25, 0.3) is 0 Å². The first-order valence-electron chi connectivity index (χ1n) is 5.98. The Hall–Kier alpha value is -0.720. The Morgan fingerprint density at radius 2 is 2.00 bits per heavy atom. The second kappa shape index (κ2) is 5.95. The topological polar surface area (TPSA) is 63.4 Å². The summed E-state index contributed by atoms with van der Waals surface area (Å²) in [6.07, 6.45) is 0.925. The van der Waals surface area contributed by atoms with E-state index in [0.29, 0.717) is 24.3 Å².